The van der Waals surface area contributed by atoms with E-state index in [1.165, 1.54) is 18.2 Å². The van der Waals surface area contributed by atoms with Crippen LogP contribution in [0.3, 0.4) is 0 Å². The molecule has 2 aromatic carbocycles. The van der Waals surface area contributed by atoms with Crippen LogP contribution in [0.15, 0.2) is 47.0 Å². The van der Waals surface area contributed by atoms with E-state index in [1.54, 1.807) is 19.1 Å². The summed E-state index contributed by atoms with van der Waals surface area (Å²) in [5, 5.41) is 3.97. The number of nitrogens with zero attached hydrogens (tertiary/aromatic N) is 4. The van der Waals surface area contributed by atoms with Crippen LogP contribution in [0, 0.1) is 18.6 Å². The number of aryl methyl sites for hydroxylation is 2. The first kappa shape index (κ1) is 19.5. The van der Waals surface area contributed by atoms with Gasteiger partial charge in [0.2, 0.25) is 11.7 Å². The van der Waals surface area contributed by atoms with Crippen LogP contribution in [-0.4, -0.2) is 47.8 Å². The molecule has 2 heterocycles. The van der Waals surface area contributed by atoms with Crippen LogP contribution in [0.5, 0.6) is 0 Å². The summed E-state index contributed by atoms with van der Waals surface area (Å²) in [5.41, 5.74) is 2.29. The zero-order chi connectivity index (χ0) is 20.2. The third kappa shape index (κ3) is 4.79. The summed E-state index contributed by atoms with van der Waals surface area (Å²) >= 11 is 0. The molecule has 0 aliphatic carbocycles. The van der Waals surface area contributed by atoms with E-state index in [0.717, 1.165) is 44.8 Å². The number of halogens is 2. The maximum Gasteiger partial charge on any atom is 0.227 e. The van der Waals surface area contributed by atoms with Crippen molar-refractivity contribution in [2.75, 3.05) is 37.6 Å². The van der Waals surface area contributed by atoms with Crippen molar-refractivity contribution in [1.29, 1.82) is 0 Å². The lowest BCUT2D eigenvalue weighted by Crippen LogP contribution is -2.46. The lowest BCUT2D eigenvalue weighted by atomic mass is 10.1. The van der Waals surface area contributed by atoms with Crippen LogP contribution in [0.4, 0.5) is 14.5 Å². The van der Waals surface area contributed by atoms with Gasteiger partial charge in [-0.2, -0.15) is 4.98 Å². The lowest BCUT2D eigenvalue weighted by Gasteiger charge is -2.36. The summed E-state index contributed by atoms with van der Waals surface area (Å²) in [4.78, 5) is 9.08. The quantitative estimate of drug-likeness (QED) is 0.626. The van der Waals surface area contributed by atoms with Crippen molar-refractivity contribution in [2.45, 2.75) is 19.8 Å². The molecule has 0 bridgehead atoms. The predicted octanol–water partition coefficient (Wildman–Crippen LogP) is 4.08. The van der Waals surface area contributed by atoms with E-state index in [-0.39, 0.29) is 11.6 Å². The number of hydrogen-bond donors (Lipinski definition) is 0. The fraction of sp³-hybridized carbons (Fsp3) is 0.364. The highest BCUT2D eigenvalue weighted by atomic mass is 19.1. The second kappa shape index (κ2) is 8.69. The van der Waals surface area contributed by atoms with Crippen LogP contribution in [0.2, 0.25) is 0 Å². The van der Waals surface area contributed by atoms with Gasteiger partial charge >= 0.3 is 0 Å². The third-order valence-electron chi connectivity index (χ3n) is 5.33. The topological polar surface area (TPSA) is 45.4 Å². The summed E-state index contributed by atoms with van der Waals surface area (Å²) in [6, 6.07) is 11.6. The van der Waals surface area contributed by atoms with Crippen LogP contribution < -0.4 is 4.90 Å². The average Bonchev–Trinajstić information content (AvgIpc) is 3.20. The highest BCUT2D eigenvalue weighted by Gasteiger charge is 2.17. The van der Waals surface area contributed by atoms with Gasteiger partial charge < -0.3 is 9.42 Å². The van der Waals surface area contributed by atoms with Crippen molar-refractivity contribution in [3.63, 3.8) is 0 Å². The highest BCUT2D eigenvalue weighted by molar-refractivity contribution is 5.54. The van der Waals surface area contributed by atoms with Gasteiger partial charge in [0.1, 0.15) is 11.6 Å². The molecule has 3 aromatic rings. The van der Waals surface area contributed by atoms with Crippen LogP contribution in [0.25, 0.3) is 11.4 Å². The Labute approximate surface area is 168 Å². The monoisotopic (exact) mass is 398 g/mol. The summed E-state index contributed by atoms with van der Waals surface area (Å²) in [7, 11) is 0. The van der Waals surface area contributed by atoms with Gasteiger partial charge in [-0.15, -0.1) is 0 Å². The van der Waals surface area contributed by atoms with Gasteiger partial charge in [-0.05, 0) is 55.8 Å². The summed E-state index contributed by atoms with van der Waals surface area (Å²) in [5.74, 6) is 0.524. The fourth-order valence-corrected chi connectivity index (χ4v) is 3.54. The van der Waals surface area contributed by atoms with Crippen molar-refractivity contribution in [1.82, 2.24) is 15.0 Å². The minimum absolute atomic E-state index is 0.205. The number of aromatic nitrogens is 2. The van der Waals surface area contributed by atoms with Crippen molar-refractivity contribution in [2.24, 2.45) is 0 Å². The first-order valence-electron chi connectivity index (χ1n) is 9.90. The molecule has 0 radical (unpaired) electrons. The molecule has 1 aromatic heterocycles. The Morgan fingerprint density at radius 1 is 1.00 bits per heavy atom. The molecule has 4 rings (SSSR count). The number of hydrogen-bond acceptors (Lipinski definition) is 5. The zero-order valence-corrected chi connectivity index (χ0v) is 16.4. The maximum atomic E-state index is 13.7. The number of rotatable bonds is 6. The lowest BCUT2D eigenvalue weighted by molar-refractivity contribution is 0.251. The van der Waals surface area contributed by atoms with Crippen LogP contribution in [0.1, 0.15) is 17.9 Å². The van der Waals surface area contributed by atoms with E-state index in [9.17, 15) is 8.78 Å². The Kier molecular flexibility index (Phi) is 5.85. The molecular formula is C22H24F2N4O. The molecule has 5 nitrogen and oxygen atoms in total. The normalized spacial score (nSPS) is 15.1. The largest absolute Gasteiger partial charge is 0.369 e. The van der Waals surface area contributed by atoms with Gasteiger partial charge in [-0.25, -0.2) is 8.78 Å². The molecule has 0 N–H and O–H groups in total. The molecule has 152 valence electrons. The van der Waals surface area contributed by atoms with Gasteiger partial charge in [0.05, 0.1) is 0 Å². The summed E-state index contributed by atoms with van der Waals surface area (Å²) in [6.07, 6.45) is 1.61. The first-order chi connectivity index (χ1) is 14.1. The standard InChI is InChI=1S/C22H24F2N4O/c1-16-4-5-17(15-20(16)24)22-25-21(29-26-22)3-2-10-27-11-13-28(14-12-27)19-8-6-18(23)7-9-19/h4-9,15H,2-3,10-14H2,1H3. The molecule has 0 saturated carbocycles. The van der Waals surface area contributed by atoms with Crippen molar-refractivity contribution in [3.05, 3.63) is 65.6 Å². The zero-order valence-electron chi connectivity index (χ0n) is 16.4. The van der Waals surface area contributed by atoms with E-state index < -0.39 is 0 Å². The molecule has 1 aliphatic heterocycles. The molecule has 29 heavy (non-hydrogen) atoms. The van der Waals surface area contributed by atoms with Crippen LogP contribution >= 0.6 is 0 Å². The molecule has 7 heteroatoms. The first-order valence-corrected chi connectivity index (χ1v) is 9.90. The number of benzene rings is 2. The Bertz CT molecular complexity index is 950. The molecule has 1 fully saturated rings. The van der Waals surface area contributed by atoms with Crippen LogP contribution in [-0.2, 0) is 6.42 Å². The Morgan fingerprint density at radius 3 is 2.48 bits per heavy atom. The smallest absolute Gasteiger partial charge is 0.227 e. The SMILES string of the molecule is Cc1ccc(-c2noc(CCCN3CCN(c4ccc(F)cc4)CC3)n2)cc1F. The molecular weight excluding hydrogens is 374 g/mol. The summed E-state index contributed by atoms with van der Waals surface area (Å²) < 4.78 is 32.1. The molecule has 0 atom stereocenters. The second-order valence-electron chi connectivity index (χ2n) is 7.38. The van der Waals surface area contributed by atoms with Crippen molar-refractivity contribution >= 4 is 5.69 Å². The highest BCUT2D eigenvalue weighted by Crippen LogP contribution is 2.20. The van der Waals surface area contributed by atoms with Crippen molar-refractivity contribution in [3.8, 4) is 11.4 Å². The molecule has 1 saturated heterocycles. The summed E-state index contributed by atoms with van der Waals surface area (Å²) in [6.45, 7) is 6.46. The minimum atomic E-state index is -0.270. The molecule has 0 unspecified atom stereocenters. The molecule has 0 amide bonds. The van der Waals surface area contributed by atoms with Gasteiger partial charge in [0, 0.05) is 43.9 Å². The van der Waals surface area contributed by atoms with Gasteiger partial charge in [0.25, 0.3) is 0 Å². The molecule has 1 aliphatic rings. The third-order valence-corrected chi connectivity index (χ3v) is 5.33. The second-order valence-corrected chi connectivity index (χ2v) is 7.38. The maximum absolute atomic E-state index is 13.7. The Balaban J connectivity index is 1.23. The average molecular weight is 398 g/mol. The van der Waals surface area contributed by atoms with E-state index in [0.29, 0.717) is 29.3 Å². The van der Waals surface area contributed by atoms with Crippen molar-refractivity contribution < 1.29 is 13.3 Å². The molecule has 0 spiro atoms. The Hall–Kier alpha value is -2.80. The number of anilines is 1. The van der Waals surface area contributed by atoms with Gasteiger partial charge in [0.15, 0.2) is 0 Å². The van der Waals surface area contributed by atoms with E-state index in [1.807, 2.05) is 12.1 Å². The fourth-order valence-electron chi connectivity index (χ4n) is 3.54. The van der Waals surface area contributed by atoms with E-state index in [4.69, 9.17) is 4.52 Å². The van der Waals surface area contributed by atoms with E-state index >= 15 is 0 Å². The number of piperazine rings is 1. The van der Waals surface area contributed by atoms with Gasteiger partial charge in [-0.3, -0.25) is 4.90 Å². The minimum Gasteiger partial charge on any atom is -0.369 e. The van der Waals surface area contributed by atoms with E-state index in [2.05, 4.69) is 19.9 Å². The Morgan fingerprint density at radius 2 is 1.76 bits per heavy atom. The van der Waals surface area contributed by atoms with Gasteiger partial charge in [-0.1, -0.05) is 17.3 Å². The predicted molar refractivity (Wildman–Crippen MR) is 108 cm³/mol.